The summed E-state index contributed by atoms with van der Waals surface area (Å²) in [6.07, 6.45) is 0. The summed E-state index contributed by atoms with van der Waals surface area (Å²) in [7, 11) is 1.41. The number of hydrogen-bond acceptors (Lipinski definition) is 8. The van der Waals surface area contributed by atoms with Crippen LogP contribution >= 0.6 is 0 Å². The number of oxime groups is 1. The van der Waals surface area contributed by atoms with Crippen molar-refractivity contribution in [3.8, 4) is 0 Å². The van der Waals surface area contributed by atoms with Gasteiger partial charge in [0.15, 0.2) is 0 Å². The number of carbonyl (C=O) groups excluding carboxylic acids is 1. The first-order chi connectivity index (χ1) is 13.6. The molecule has 0 aliphatic carbocycles. The third kappa shape index (κ3) is 3.69. The summed E-state index contributed by atoms with van der Waals surface area (Å²) < 4.78 is 5.05. The number of amidine groups is 1. The summed E-state index contributed by atoms with van der Waals surface area (Å²) >= 11 is 0. The Balaban J connectivity index is 2.11. The second-order valence-electron chi connectivity index (χ2n) is 5.55. The smallest absolute Gasteiger partial charge is 0.379 e. The molecule has 1 aliphatic rings. The predicted octanol–water partition coefficient (Wildman–Crippen LogP) is 3.08. The van der Waals surface area contributed by atoms with Gasteiger partial charge >= 0.3 is 5.97 Å². The van der Waals surface area contributed by atoms with Gasteiger partial charge in [0.1, 0.15) is 5.70 Å². The Morgan fingerprint density at radius 3 is 2.39 bits per heavy atom. The number of rotatable bonds is 6. The Kier molecular flexibility index (Phi) is 5.66. The van der Waals surface area contributed by atoms with Crippen molar-refractivity contribution in [2.45, 2.75) is 6.92 Å². The van der Waals surface area contributed by atoms with Crippen molar-refractivity contribution >= 4 is 23.2 Å². The zero-order valence-corrected chi connectivity index (χ0v) is 15.2. The number of non-ortho nitro benzene ring substituents is 1. The lowest BCUT2D eigenvalue weighted by molar-refractivity contribution is -0.384. The third-order valence-corrected chi connectivity index (χ3v) is 3.86. The highest BCUT2D eigenvalue weighted by atomic mass is 16.7. The van der Waals surface area contributed by atoms with E-state index < -0.39 is 10.9 Å². The first-order valence-corrected chi connectivity index (χ1v) is 8.37. The Bertz CT molecular complexity index is 938. The molecule has 144 valence electrons. The summed E-state index contributed by atoms with van der Waals surface area (Å²) in [6, 6.07) is 14.7. The van der Waals surface area contributed by atoms with Gasteiger partial charge in [-0.1, -0.05) is 35.5 Å². The van der Waals surface area contributed by atoms with Crippen LogP contribution in [0.1, 0.15) is 18.1 Å². The van der Waals surface area contributed by atoms with E-state index in [1.165, 1.54) is 36.4 Å². The highest BCUT2D eigenvalue weighted by Crippen LogP contribution is 2.31. The molecule has 0 fully saturated rings. The topological polar surface area (TPSA) is 104 Å². The minimum absolute atomic E-state index is 0.0836. The molecule has 0 amide bonds. The average Bonchev–Trinajstić information content (AvgIpc) is 2.73. The first kappa shape index (κ1) is 19.1. The molecule has 0 aromatic heterocycles. The highest BCUT2D eigenvalue weighted by molar-refractivity contribution is 6.07. The van der Waals surface area contributed by atoms with Crippen molar-refractivity contribution in [3.05, 3.63) is 81.6 Å². The van der Waals surface area contributed by atoms with Crippen LogP contribution in [-0.2, 0) is 19.2 Å². The fourth-order valence-corrected chi connectivity index (χ4v) is 2.62. The van der Waals surface area contributed by atoms with Crippen LogP contribution in [0, 0.1) is 10.1 Å². The molecule has 0 saturated heterocycles. The van der Waals surface area contributed by atoms with Crippen molar-refractivity contribution in [1.29, 1.82) is 0 Å². The maximum atomic E-state index is 12.4. The number of nitrogens with zero attached hydrogens (tertiary/aromatic N) is 3. The van der Waals surface area contributed by atoms with E-state index in [0.29, 0.717) is 17.0 Å². The molecule has 2 aromatic carbocycles. The van der Waals surface area contributed by atoms with Crippen molar-refractivity contribution in [1.82, 2.24) is 5.06 Å². The van der Waals surface area contributed by atoms with Gasteiger partial charge in [-0.05, 0) is 19.1 Å². The molecule has 9 heteroatoms. The van der Waals surface area contributed by atoms with Gasteiger partial charge in [0, 0.05) is 23.3 Å². The maximum absolute atomic E-state index is 12.4. The molecular formula is C19H17N3O6. The molecule has 2 aromatic rings. The molecule has 0 atom stereocenters. The molecule has 1 aliphatic heterocycles. The third-order valence-electron chi connectivity index (χ3n) is 3.86. The number of ether oxygens (including phenoxy) is 1. The molecule has 28 heavy (non-hydrogen) atoms. The van der Waals surface area contributed by atoms with Crippen LogP contribution in [0.5, 0.6) is 0 Å². The van der Waals surface area contributed by atoms with Crippen molar-refractivity contribution in [2.75, 3.05) is 13.7 Å². The lowest BCUT2D eigenvalue weighted by Crippen LogP contribution is -2.35. The van der Waals surface area contributed by atoms with E-state index in [2.05, 4.69) is 5.16 Å². The van der Waals surface area contributed by atoms with Crippen LogP contribution in [0.3, 0.4) is 0 Å². The van der Waals surface area contributed by atoms with E-state index >= 15 is 0 Å². The van der Waals surface area contributed by atoms with Gasteiger partial charge in [-0.3, -0.25) is 15.0 Å². The van der Waals surface area contributed by atoms with Crippen LogP contribution in [0.2, 0.25) is 0 Å². The molecule has 0 saturated carbocycles. The van der Waals surface area contributed by atoms with Crippen LogP contribution in [-0.4, -0.2) is 35.5 Å². The quantitative estimate of drug-likeness (QED) is 0.429. The minimum Gasteiger partial charge on any atom is -0.460 e. The Morgan fingerprint density at radius 1 is 1.14 bits per heavy atom. The molecule has 3 rings (SSSR count). The van der Waals surface area contributed by atoms with Crippen molar-refractivity contribution in [2.24, 2.45) is 5.16 Å². The van der Waals surface area contributed by atoms with Crippen LogP contribution in [0.4, 0.5) is 5.69 Å². The summed E-state index contributed by atoms with van der Waals surface area (Å²) in [5.74, 6) is -0.601. The second-order valence-corrected chi connectivity index (χ2v) is 5.55. The highest BCUT2D eigenvalue weighted by Gasteiger charge is 2.33. The fraction of sp³-hybridized carbons (Fsp3) is 0.158. The molecule has 0 spiro atoms. The van der Waals surface area contributed by atoms with E-state index in [1.54, 1.807) is 19.1 Å². The number of esters is 1. The average molecular weight is 383 g/mol. The number of nitro benzene ring substituents is 1. The Hall–Kier alpha value is -3.72. The van der Waals surface area contributed by atoms with Crippen LogP contribution in [0.15, 0.2) is 65.5 Å². The van der Waals surface area contributed by atoms with Gasteiger partial charge in [0.2, 0.25) is 5.84 Å². The zero-order chi connectivity index (χ0) is 20.1. The summed E-state index contributed by atoms with van der Waals surface area (Å²) in [5, 5.41) is 16.3. The normalized spacial score (nSPS) is 13.6. The van der Waals surface area contributed by atoms with Gasteiger partial charge in [0.25, 0.3) is 11.4 Å². The minimum atomic E-state index is -0.728. The zero-order valence-electron chi connectivity index (χ0n) is 15.2. The van der Waals surface area contributed by atoms with E-state index in [1.807, 2.05) is 18.2 Å². The number of carbonyl (C=O) groups is 1. The molecule has 0 N–H and O–H groups in total. The SMILES string of the molecule is CCOC(=O)C1=C(c2ccc([N+](=O)[O-])cc2)N(OC)C(c2ccccc2)=NO1. The molecule has 9 nitrogen and oxygen atoms in total. The van der Waals surface area contributed by atoms with E-state index in [-0.39, 0.29) is 23.8 Å². The Morgan fingerprint density at radius 2 is 1.82 bits per heavy atom. The Labute approximate surface area is 160 Å². The lowest BCUT2D eigenvalue weighted by Gasteiger charge is -2.29. The fourth-order valence-electron chi connectivity index (χ4n) is 2.62. The molecule has 1 heterocycles. The number of hydroxylamine groups is 2. The molecule has 0 radical (unpaired) electrons. The molecule has 0 bridgehead atoms. The molecule has 0 unspecified atom stereocenters. The summed E-state index contributed by atoms with van der Waals surface area (Å²) in [5.41, 5.74) is 1.29. The van der Waals surface area contributed by atoms with Crippen LogP contribution in [0.25, 0.3) is 5.70 Å². The van der Waals surface area contributed by atoms with Crippen molar-refractivity contribution in [3.63, 3.8) is 0 Å². The second kappa shape index (κ2) is 8.31. The monoisotopic (exact) mass is 383 g/mol. The van der Waals surface area contributed by atoms with Gasteiger partial charge in [0.05, 0.1) is 18.6 Å². The van der Waals surface area contributed by atoms with Gasteiger partial charge in [-0.15, -0.1) is 0 Å². The largest absolute Gasteiger partial charge is 0.460 e. The number of benzene rings is 2. The van der Waals surface area contributed by atoms with Crippen molar-refractivity contribution < 1.29 is 24.1 Å². The van der Waals surface area contributed by atoms with E-state index in [4.69, 9.17) is 14.4 Å². The maximum Gasteiger partial charge on any atom is 0.379 e. The predicted molar refractivity (Wildman–Crippen MR) is 99.6 cm³/mol. The first-order valence-electron chi connectivity index (χ1n) is 8.37. The lowest BCUT2D eigenvalue weighted by atomic mass is 10.1. The number of hydrogen-bond donors (Lipinski definition) is 0. The van der Waals surface area contributed by atoms with E-state index in [0.717, 1.165) is 0 Å². The standard InChI is InChI=1S/C19H17N3O6/c1-3-27-19(23)17-16(13-9-11-15(12-10-13)22(24)25)21(26-2)18(20-28-17)14-7-5-4-6-8-14/h4-12H,3H2,1-2H3. The van der Waals surface area contributed by atoms with Crippen LogP contribution < -0.4 is 0 Å². The molecular weight excluding hydrogens is 366 g/mol. The van der Waals surface area contributed by atoms with Gasteiger partial charge in [-0.25, -0.2) is 4.79 Å². The number of nitro groups is 1. The van der Waals surface area contributed by atoms with E-state index in [9.17, 15) is 14.9 Å². The summed E-state index contributed by atoms with van der Waals surface area (Å²) in [4.78, 5) is 33.7. The van der Waals surface area contributed by atoms with Gasteiger partial charge in [-0.2, -0.15) is 5.06 Å². The van der Waals surface area contributed by atoms with Gasteiger partial charge < -0.3 is 9.57 Å². The summed E-state index contributed by atoms with van der Waals surface area (Å²) in [6.45, 7) is 1.81.